The molecule has 2 unspecified atom stereocenters. The van der Waals surface area contributed by atoms with Crippen molar-refractivity contribution in [1.82, 2.24) is 10.3 Å². The van der Waals surface area contributed by atoms with Gasteiger partial charge in [-0.3, -0.25) is 0 Å². The molecule has 1 aliphatic rings. The topological polar surface area (TPSA) is 37.4 Å². The van der Waals surface area contributed by atoms with Gasteiger partial charge in [0.1, 0.15) is 0 Å². The zero-order valence-corrected chi connectivity index (χ0v) is 13.6. The molecule has 1 aromatic heterocycles. The van der Waals surface area contributed by atoms with Gasteiger partial charge in [-0.1, -0.05) is 6.92 Å². The lowest BCUT2D eigenvalue weighted by atomic mass is 9.91. The molecule has 0 aromatic carbocycles. The summed E-state index contributed by atoms with van der Waals surface area (Å²) in [5.41, 5.74) is 0. The van der Waals surface area contributed by atoms with Crippen molar-refractivity contribution in [2.24, 2.45) is 5.92 Å². The van der Waals surface area contributed by atoms with Gasteiger partial charge < -0.3 is 15.0 Å². The number of ether oxygens (including phenoxy) is 1. The quantitative estimate of drug-likeness (QED) is 0.837. The highest BCUT2D eigenvalue weighted by Gasteiger charge is 2.26. The second-order valence-electron chi connectivity index (χ2n) is 5.85. The van der Waals surface area contributed by atoms with Crippen molar-refractivity contribution in [3.8, 4) is 5.75 Å². The van der Waals surface area contributed by atoms with Gasteiger partial charge in [0, 0.05) is 25.3 Å². The maximum absolute atomic E-state index is 5.73. The molecule has 0 amide bonds. The van der Waals surface area contributed by atoms with Crippen molar-refractivity contribution < 1.29 is 4.74 Å². The molecule has 0 spiro atoms. The van der Waals surface area contributed by atoms with Crippen LogP contribution in [-0.2, 0) is 0 Å². The van der Waals surface area contributed by atoms with Gasteiger partial charge in [0.25, 0.3) is 0 Å². The van der Waals surface area contributed by atoms with E-state index in [1.807, 2.05) is 25.3 Å². The molecule has 0 saturated carbocycles. The minimum Gasteiger partial charge on any atom is -0.490 e. The first-order valence-electron chi connectivity index (χ1n) is 8.32. The Kier molecular flexibility index (Phi) is 6.30. The van der Waals surface area contributed by atoms with Crippen LogP contribution in [0.2, 0.25) is 0 Å². The van der Waals surface area contributed by atoms with Crippen LogP contribution in [0.15, 0.2) is 18.3 Å². The summed E-state index contributed by atoms with van der Waals surface area (Å²) in [6.45, 7) is 10.5. The van der Waals surface area contributed by atoms with Crippen LogP contribution in [0.4, 0.5) is 5.82 Å². The van der Waals surface area contributed by atoms with E-state index in [0.29, 0.717) is 18.6 Å². The summed E-state index contributed by atoms with van der Waals surface area (Å²) in [5, 5.41) is 3.64. The van der Waals surface area contributed by atoms with Crippen molar-refractivity contribution in [3.63, 3.8) is 0 Å². The van der Waals surface area contributed by atoms with Gasteiger partial charge in [0.2, 0.25) is 0 Å². The van der Waals surface area contributed by atoms with E-state index < -0.39 is 0 Å². The molecule has 2 rings (SSSR count). The molecule has 4 nitrogen and oxygen atoms in total. The van der Waals surface area contributed by atoms with E-state index in [1.54, 1.807) is 0 Å². The number of rotatable bonds is 7. The molecular weight excluding hydrogens is 262 g/mol. The van der Waals surface area contributed by atoms with E-state index >= 15 is 0 Å². The minimum atomic E-state index is 0.562. The number of piperidine rings is 1. The van der Waals surface area contributed by atoms with Gasteiger partial charge in [-0.05, 0) is 57.7 Å². The lowest BCUT2D eigenvalue weighted by Crippen LogP contribution is -2.45. The Morgan fingerprint density at radius 2 is 2.33 bits per heavy atom. The molecule has 118 valence electrons. The number of hydrogen-bond acceptors (Lipinski definition) is 4. The Morgan fingerprint density at radius 1 is 1.48 bits per heavy atom. The van der Waals surface area contributed by atoms with Gasteiger partial charge in [-0.2, -0.15) is 0 Å². The molecular formula is C17H29N3O. The number of nitrogens with one attached hydrogen (secondary N) is 1. The number of aromatic nitrogens is 1. The Hall–Kier alpha value is -1.29. The average Bonchev–Trinajstić information content (AvgIpc) is 2.53. The average molecular weight is 291 g/mol. The number of nitrogens with zero attached hydrogens (tertiary/aromatic N) is 2. The van der Waals surface area contributed by atoms with Gasteiger partial charge in [-0.15, -0.1) is 0 Å². The highest BCUT2D eigenvalue weighted by Crippen LogP contribution is 2.30. The Morgan fingerprint density at radius 3 is 3.10 bits per heavy atom. The van der Waals surface area contributed by atoms with Crippen LogP contribution >= 0.6 is 0 Å². The monoisotopic (exact) mass is 291 g/mol. The minimum absolute atomic E-state index is 0.562. The lowest BCUT2D eigenvalue weighted by Gasteiger charge is -2.37. The summed E-state index contributed by atoms with van der Waals surface area (Å²) in [5.74, 6) is 2.60. The van der Waals surface area contributed by atoms with Gasteiger partial charge in [0.15, 0.2) is 11.6 Å². The second-order valence-corrected chi connectivity index (χ2v) is 5.85. The van der Waals surface area contributed by atoms with Crippen LogP contribution in [0.1, 0.15) is 40.0 Å². The largest absolute Gasteiger partial charge is 0.490 e. The highest BCUT2D eigenvalue weighted by atomic mass is 16.5. The molecule has 4 heteroatoms. The Balaban J connectivity index is 2.03. The van der Waals surface area contributed by atoms with Crippen LogP contribution in [0.3, 0.4) is 0 Å². The zero-order chi connectivity index (χ0) is 15.1. The molecule has 1 fully saturated rings. The molecule has 1 saturated heterocycles. The Labute approximate surface area is 128 Å². The lowest BCUT2D eigenvalue weighted by molar-refractivity contribution is 0.312. The van der Waals surface area contributed by atoms with Crippen LogP contribution in [0, 0.1) is 5.92 Å². The maximum atomic E-state index is 5.73. The molecule has 1 N–H and O–H groups in total. The van der Waals surface area contributed by atoms with Crippen LogP contribution in [-0.4, -0.2) is 37.3 Å². The SMILES string of the molecule is CCCNC(C)C1CCCN(c2ncccc2OCC)C1. The molecule has 21 heavy (non-hydrogen) atoms. The van der Waals surface area contributed by atoms with Crippen molar-refractivity contribution >= 4 is 5.82 Å². The summed E-state index contributed by atoms with van der Waals surface area (Å²) in [7, 11) is 0. The third kappa shape index (κ3) is 4.34. The first kappa shape index (κ1) is 16.1. The van der Waals surface area contributed by atoms with Gasteiger partial charge in [0.05, 0.1) is 6.61 Å². The van der Waals surface area contributed by atoms with Gasteiger partial charge in [-0.25, -0.2) is 4.98 Å². The first-order valence-corrected chi connectivity index (χ1v) is 8.32. The fourth-order valence-corrected chi connectivity index (χ4v) is 3.04. The number of anilines is 1. The third-order valence-electron chi connectivity index (χ3n) is 4.23. The molecule has 0 bridgehead atoms. The standard InChI is InChI=1S/C17H29N3O/c1-4-10-18-14(3)15-8-7-12-20(13-15)17-16(21-5-2)9-6-11-19-17/h6,9,11,14-15,18H,4-5,7-8,10,12-13H2,1-3H3. The number of hydrogen-bond donors (Lipinski definition) is 1. The summed E-state index contributed by atoms with van der Waals surface area (Å²) in [6, 6.07) is 4.53. The normalized spacial score (nSPS) is 20.3. The van der Waals surface area contributed by atoms with E-state index in [0.717, 1.165) is 31.2 Å². The van der Waals surface area contributed by atoms with E-state index in [-0.39, 0.29) is 0 Å². The van der Waals surface area contributed by atoms with Crippen LogP contribution < -0.4 is 15.0 Å². The zero-order valence-electron chi connectivity index (χ0n) is 13.6. The summed E-state index contributed by atoms with van der Waals surface area (Å²) in [4.78, 5) is 6.95. The summed E-state index contributed by atoms with van der Waals surface area (Å²) < 4.78 is 5.73. The second kappa shape index (κ2) is 8.23. The fourth-order valence-electron chi connectivity index (χ4n) is 3.04. The molecule has 1 aliphatic heterocycles. The van der Waals surface area contributed by atoms with Crippen LogP contribution in [0.5, 0.6) is 5.75 Å². The predicted octanol–water partition coefficient (Wildman–Crippen LogP) is 3.08. The fraction of sp³-hybridized carbons (Fsp3) is 0.706. The molecule has 2 atom stereocenters. The number of pyridine rings is 1. The van der Waals surface area contributed by atoms with E-state index in [4.69, 9.17) is 4.74 Å². The van der Waals surface area contributed by atoms with Gasteiger partial charge >= 0.3 is 0 Å². The third-order valence-corrected chi connectivity index (χ3v) is 4.23. The molecule has 1 aromatic rings. The smallest absolute Gasteiger partial charge is 0.171 e. The van der Waals surface area contributed by atoms with Crippen molar-refractivity contribution in [3.05, 3.63) is 18.3 Å². The first-order chi connectivity index (χ1) is 10.3. The van der Waals surface area contributed by atoms with E-state index in [1.165, 1.54) is 19.3 Å². The van der Waals surface area contributed by atoms with Crippen molar-refractivity contribution in [1.29, 1.82) is 0 Å². The van der Waals surface area contributed by atoms with Crippen LogP contribution in [0.25, 0.3) is 0 Å². The summed E-state index contributed by atoms with van der Waals surface area (Å²) in [6.07, 6.45) is 5.58. The molecule has 0 radical (unpaired) electrons. The maximum Gasteiger partial charge on any atom is 0.171 e. The Bertz CT molecular complexity index is 424. The predicted molar refractivity (Wildman–Crippen MR) is 88.1 cm³/mol. The van der Waals surface area contributed by atoms with E-state index in [2.05, 4.69) is 29.0 Å². The molecule has 2 heterocycles. The molecule has 0 aliphatic carbocycles. The van der Waals surface area contributed by atoms with Crippen molar-refractivity contribution in [2.45, 2.75) is 46.1 Å². The van der Waals surface area contributed by atoms with E-state index in [9.17, 15) is 0 Å². The summed E-state index contributed by atoms with van der Waals surface area (Å²) >= 11 is 0. The highest BCUT2D eigenvalue weighted by molar-refractivity contribution is 5.52. The van der Waals surface area contributed by atoms with Crippen molar-refractivity contribution in [2.75, 3.05) is 31.1 Å².